The molecule has 0 rings (SSSR count). The standard InChI is InChI=1S/C32H61NO5/c1-4-7-10-13-15-17-18-20-22-25-30(34)33-29(32(36)38-27-23-12-9-6-3)28-31(35)37-26-24-21-19-16-14-11-8-5-2/h29H,4-28H2,1-3H3,(H,33,34)/t29-/m0/s1. The molecule has 38 heavy (non-hydrogen) atoms. The van der Waals surface area contributed by atoms with Gasteiger partial charge in [0.05, 0.1) is 19.6 Å². The van der Waals surface area contributed by atoms with Gasteiger partial charge in [-0.25, -0.2) is 4.79 Å². The average Bonchev–Trinajstić information content (AvgIpc) is 2.90. The zero-order valence-electron chi connectivity index (χ0n) is 25.3. The lowest BCUT2D eigenvalue weighted by atomic mass is 10.1. The predicted octanol–water partition coefficient (Wildman–Crippen LogP) is 8.59. The summed E-state index contributed by atoms with van der Waals surface area (Å²) >= 11 is 0. The third-order valence-electron chi connectivity index (χ3n) is 7.00. The van der Waals surface area contributed by atoms with Crippen LogP contribution in [-0.2, 0) is 23.9 Å². The number of nitrogens with one attached hydrogen (secondary N) is 1. The van der Waals surface area contributed by atoms with Crippen LogP contribution >= 0.6 is 0 Å². The molecule has 0 saturated heterocycles. The van der Waals surface area contributed by atoms with Gasteiger partial charge in [0, 0.05) is 6.42 Å². The number of hydrogen-bond donors (Lipinski definition) is 1. The van der Waals surface area contributed by atoms with Crippen molar-refractivity contribution in [2.75, 3.05) is 13.2 Å². The van der Waals surface area contributed by atoms with Gasteiger partial charge in [0.1, 0.15) is 6.04 Å². The lowest BCUT2D eigenvalue weighted by Gasteiger charge is -2.17. The van der Waals surface area contributed by atoms with Crippen molar-refractivity contribution < 1.29 is 23.9 Å². The highest BCUT2D eigenvalue weighted by Crippen LogP contribution is 2.12. The van der Waals surface area contributed by atoms with E-state index in [-0.39, 0.29) is 12.3 Å². The van der Waals surface area contributed by atoms with Crippen LogP contribution in [-0.4, -0.2) is 37.1 Å². The van der Waals surface area contributed by atoms with E-state index < -0.39 is 18.0 Å². The van der Waals surface area contributed by atoms with E-state index in [0.29, 0.717) is 19.6 Å². The molecule has 1 atom stereocenters. The minimum Gasteiger partial charge on any atom is -0.466 e. The molecule has 0 aliphatic rings. The van der Waals surface area contributed by atoms with Gasteiger partial charge in [0.25, 0.3) is 0 Å². The first-order valence-electron chi connectivity index (χ1n) is 16.2. The molecule has 224 valence electrons. The Morgan fingerprint density at radius 3 is 1.42 bits per heavy atom. The van der Waals surface area contributed by atoms with Gasteiger partial charge in [-0.05, 0) is 19.3 Å². The molecule has 1 N–H and O–H groups in total. The van der Waals surface area contributed by atoms with Crippen molar-refractivity contribution in [1.82, 2.24) is 5.32 Å². The summed E-state index contributed by atoms with van der Waals surface area (Å²) in [6, 6.07) is -0.974. The maximum Gasteiger partial charge on any atom is 0.329 e. The zero-order chi connectivity index (χ0) is 28.1. The molecule has 0 aromatic rings. The summed E-state index contributed by atoms with van der Waals surface area (Å²) in [6.45, 7) is 7.25. The Kier molecular flexibility index (Phi) is 27.2. The quantitative estimate of drug-likeness (QED) is 0.0795. The summed E-state index contributed by atoms with van der Waals surface area (Å²) < 4.78 is 10.8. The van der Waals surface area contributed by atoms with E-state index in [9.17, 15) is 14.4 Å². The van der Waals surface area contributed by atoms with Crippen LogP contribution < -0.4 is 5.32 Å². The average molecular weight is 540 g/mol. The summed E-state index contributed by atoms with van der Waals surface area (Å²) in [4.78, 5) is 37.6. The highest BCUT2D eigenvalue weighted by Gasteiger charge is 2.26. The number of hydrogen-bond acceptors (Lipinski definition) is 5. The van der Waals surface area contributed by atoms with E-state index in [1.165, 1.54) is 70.6 Å². The van der Waals surface area contributed by atoms with Gasteiger partial charge >= 0.3 is 11.9 Å². The Morgan fingerprint density at radius 1 is 0.526 bits per heavy atom. The Balaban J connectivity index is 4.32. The van der Waals surface area contributed by atoms with Gasteiger partial charge in [0.2, 0.25) is 5.91 Å². The lowest BCUT2D eigenvalue weighted by molar-refractivity contribution is -0.154. The monoisotopic (exact) mass is 539 g/mol. The third-order valence-corrected chi connectivity index (χ3v) is 7.00. The van der Waals surface area contributed by atoms with Crippen LogP contribution in [0.3, 0.4) is 0 Å². The molecule has 6 nitrogen and oxygen atoms in total. The fourth-order valence-electron chi connectivity index (χ4n) is 4.51. The summed E-state index contributed by atoms with van der Waals surface area (Å²) in [7, 11) is 0. The number of rotatable bonds is 28. The normalized spacial score (nSPS) is 11.8. The zero-order valence-corrected chi connectivity index (χ0v) is 25.3. The second-order valence-electron chi connectivity index (χ2n) is 10.8. The Hall–Kier alpha value is -1.59. The third kappa shape index (κ3) is 24.7. The molecule has 0 aromatic carbocycles. The van der Waals surface area contributed by atoms with Crippen molar-refractivity contribution in [1.29, 1.82) is 0 Å². The van der Waals surface area contributed by atoms with Crippen LogP contribution in [0.2, 0.25) is 0 Å². The van der Waals surface area contributed by atoms with E-state index in [1.807, 2.05) is 0 Å². The maximum atomic E-state index is 12.6. The second kappa shape index (κ2) is 28.4. The molecule has 0 heterocycles. The van der Waals surface area contributed by atoms with Gasteiger partial charge in [0.15, 0.2) is 0 Å². The summed E-state index contributed by atoms with van der Waals surface area (Å²) in [5.41, 5.74) is 0. The molecule has 0 unspecified atom stereocenters. The van der Waals surface area contributed by atoms with Crippen molar-refractivity contribution in [2.45, 2.75) is 174 Å². The van der Waals surface area contributed by atoms with Crippen molar-refractivity contribution in [3.8, 4) is 0 Å². The highest BCUT2D eigenvalue weighted by atomic mass is 16.5. The Bertz CT molecular complexity index is 530. The number of esters is 2. The predicted molar refractivity (Wildman–Crippen MR) is 157 cm³/mol. The fourth-order valence-corrected chi connectivity index (χ4v) is 4.51. The largest absolute Gasteiger partial charge is 0.466 e. The number of amides is 1. The smallest absolute Gasteiger partial charge is 0.329 e. The summed E-state index contributed by atoms with van der Waals surface area (Å²) in [5.74, 6) is -1.19. The fraction of sp³-hybridized carbons (Fsp3) is 0.906. The highest BCUT2D eigenvalue weighted by molar-refractivity contribution is 5.88. The molecule has 1 amide bonds. The molecule has 0 spiro atoms. The number of carbonyl (C=O) groups excluding carboxylic acids is 3. The minimum absolute atomic E-state index is 0.172. The first-order valence-corrected chi connectivity index (χ1v) is 16.2. The first-order chi connectivity index (χ1) is 18.5. The van der Waals surface area contributed by atoms with Gasteiger partial charge < -0.3 is 14.8 Å². The number of carbonyl (C=O) groups is 3. The number of ether oxygens (including phenoxy) is 2. The van der Waals surface area contributed by atoms with Crippen LogP contribution in [0.25, 0.3) is 0 Å². The van der Waals surface area contributed by atoms with Crippen molar-refractivity contribution in [2.24, 2.45) is 0 Å². The minimum atomic E-state index is -0.974. The van der Waals surface area contributed by atoms with Crippen LogP contribution in [0, 0.1) is 0 Å². The van der Waals surface area contributed by atoms with Crippen LogP contribution in [0.15, 0.2) is 0 Å². The molecule has 0 bridgehead atoms. The molecule has 0 aliphatic carbocycles. The molecular formula is C32H61NO5. The molecule has 0 aromatic heterocycles. The molecule has 0 saturated carbocycles. The summed E-state index contributed by atoms with van der Waals surface area (Å²) in [6.07, 6.45) is 24.2. The van der Waals surface area contributed by atoms with Gasteiger partial charge in [-0.1, -0.05) is 136 Å². The second-order valence-corrected chi connectivity index (χ2v) is 10.8. The molecule has 0 aliphatic heterocycles. The molecule has 0 fully saturated rings. The Labute approximate surface area is 234 Å². The van der Waals surface area contributed by atoms with E-state index in [2.05, 4.69) is 26.1 Å². The summed E-state index contributed by atoms with van der Waals surface area (Å²) in [5, 5.41) is 2.75. The first kappa shape index (κ1) is 36.4. The van der Waals surface area contributed by atoms with Crippen LogP contribution in [0.1, 0.15) is 168 Å². The lowest BCUT2D eigenvalue weighted by Crippen LogP contribution is -2.43. The molecule has 6 heteroatoms. The Morgan fingerprint density at radius 2 is 0.921 bits per heavy atom. The number of unbranched alkanes of at least 4 members (excludes halogenated alkanes) is 18. The SMILES string of the molecule is CCCCCCCCCCCC(=O)N[C@@H](CC(=O)OCCCCCCCCCC)C(=O)OCCCCCC. The van der Waals surface area contributed by atoms with Crippen molar-refractivity contribution in [3.63, 3.8) is 0 Å². The van der Waals surface area contributed by atoms with E-state index >= 15 is 0 Å². The van der Waals surface area contributed by atoms with Crippen LogP contribution in [0.4, 0.5) is 0 Å². The topological polar surface area (TPSA) is 81.7 Å². The molecular weight excluding hydrogens is 478 g/mol. The van der Waals surface area contributed by atoms with Crippen LogP contribution in [0.5, 0.6) is 0 Å². The van der Waals surface area contributed by atoms with Gasteiger partial charge in [-0.3, -0.25) is 9.59 Å². The maximum absolute atomic E-state index is 12.6. The van der Waals surface area contributed by atoms with Gasteiger partial charge in [-0.15, -0.1) is 0 Å². The van der Waals surface area contributed by atoms with Crippen molar-refractivity contribution >= 4 is 17.8 Å². The van der Waals surface area contributed by atoms with E-state index in [0.717, 1.165) is 64.2 Å². The van der Waals surface area contributed by atoms with Crippen molar-refractivity contribution in [3.05, 3.63) is 0 Å². The van der Waals surface area contributed by atoms with E-state index in [1.54, 1.807) is 0 Å². The molecule has 0 radical (unpaired) electrons. The van der Waals surface area contributed by atoms with E-state index in [4.69, 9.17) is 9.47 Å². The van der Waals surface area contributed by atoms with Gasteiger partial charge in [-0.2, -0.15) is 0 Å².